The number of methoxy groups -OCH3 is 1. The molecule has 1 heterocycles. The second-order valence-electron chi connectivity index (χ2n) is 6.04. The van der Waals surface area contributed by atoms with E-state index in [2.05, 4.69) is 15.3 Å². The van der Waals surface area contributed by atoms with Crippen molar-refractivity contribution in [3.63, 3.8) is 0 Å². The first kappa shape index (κ1) is 16.4. The van der Waals surface area contributed by atoms with Gasteiger partial charge in [-0.25, -0.2) is 4.98 Å². The monoisotopic (exact) mass is 330 g/mol. The molecule has 0 saturated heterocycles. The molecular formula is C17H22N4O3. The van der Waals surface area contributed by atoms with Crippen LogP contribution in [0.5, 0.6) is 5.75 Å². The Bertz CT molecular complexity index is 714. The fourth-order valence-electron chi connectivity index (χ4n) is 3.06. The highest BCUT2D eigenvalue weighted by Crippen LogP contribution is 2.30. The molecule has 1 saturated carbocycles. The molecule has 0 aliphatic heterocycles. The van der Waals surface area contributed by atoms with E-state index in [0.717, 1.165) is 36.7 Å². The van der Waals surface area contributed by atoms with Crippen LogP contribution in [0, 0.1) is 0 Å². The quantitative estimate of drug-likeness (QED) is 0.809. The Morgan fingerprint density at radius 1 is 1.25 bits per heavy atom. The van der Waals surface area contributed by atoms with Crippen LogP contribution in [0.15, 0.2) is 24.5 Å². The van der Waals surface area contributed by atoms with Gasteiger partial charge in [0.2, 0.25) is 5.91 Å². The van der Waals surface area contributed by atoms with E-state index in [9.17, 15) is 4.79 Å². The normalized spacial score (nSPS) is 20.7. The van der Waals surface area contributed by atoms with Crippen molar-refractivity contribution < 1.29 is 14.3 Å². The highest BCUT2D eigenvalue weighted by atomic mass is 16.5. The highest BCUT2D eigenvalue weighted by Gasteiger charge is 2.24. The molecule has 3 rings (SSSR count). The fourth-order valence-corrected chi connectivity index (χ4v) is 3.06. The van der Waals surface area contributed by atoms with Crippen LogP contribution in [0.2, 0.25) is 0 Å². The van der Waals surface area contributed by atoms with Crippen LogP contribution in [-0.4, -0.2) is 41.7 Å². The molecule has 128 valence electrons. The number of ether oxygens (including phenoxy) is 2. The molecular weight excluding hydrogens is 308 g/mol. The van der Waals surface area contributed by atoms with Crippen LogP contribution >= 0.6 is 0 Å². The zero-order valence-corrected chi connectivity index (χ0v) is 13.7. The number of amides is 1. The van der Waals surface area contributed by atoms with Crippen molar-refractivity contribution in [3.8, 4) is 5.75 Å². The maximum atomic E-state index is 11.6. The van der Waals surface area contributed by atoms with Crippen LogP contribution in [0.1, 0.15) is 25.7 Å². The van der Waals surface area contributed by atoms with Gasteiger partial charge in [-0.3, -0.25) is 9.78 Å². The minimum absolute atomic E-state index is 0.0704. The van der Waals surface area contributed by atoms with E-state index in [1.54, 1.807) is 24.5 Å². The average Bonchev–Trinajstić information content (AvgIpc) is 2.57. The number of nitrogens with one attached hydrogen (secondary N) is 1. The minimum atomic E-state index is -0.0704. The molecule has 1 aromatic heterocycles. The number of aromatic nitrogens is 2. The molecule has 7 nitrogen and oxygen atoms in total. The van der Waals surface area contributed by atoms with Gasteiger partial charge in [-0.2, -0.15) is 0 Å². The largest absolute Gasteiger partial charge is 0.488 e. The van der Waals surface area contributed by atoms with Crippen molar-refractivity contribution in [2.24, 2.45) is 0 Å². The van der Waals surface area contributed by atoms with Crippen molar-refractivity contribution in [2.75, 3.05) is 19.5 Å². The summed E-state index contributed by atoms with van der Waals surface area (Å²) in [4.78, 5) is 20.2. The number of rotatable bonds is 5. The Labute approximate surface area is 140 Å². The molecule has 0 bridgehead atoms. The Kier molecular flexibility index (Phi) is 5.10. The van der Waals surface area contributed by atoms with E-state index in [1.165, 1.54) is 7.11 Å². The van der Waals surface area contributed by atoms with Crippen molar-refractivity contribution in [1.82, 2.24) is 15.3 Å². The third-order valence-corrected chi connectivity index (χ3v) is 4.17. The lowest BCUT2D eigenvalue weighted by Gasteiger charge is -2.29. The lowest BCUT2D eigenvalue weighted by atomic mass is 9.93. The number of hydrogen-bond acceptors (Lipinski definition) is 6. The Balaban J connectivity index is 1.61. The number of carbonyl (C=O) groups excluding carboxylic acids is 1. The maximum Gasteiger partial charge on any atom is 0.246 e. The molecule has 7 heteroatoms. The van der Waals surface area contributed by atoms with Gasteiger partial charge in [-0.05, 0) is 31.7 Å². The standard InChI is InChI=1S/C17H22N4O3/c1-23-10-16(22)21-12-2-4-13(5-3-12)24-15-9-11(18)8-14-17(15)20-7-6-19-14/h6-9,12-13H,2-5,10,18H2,1H3,(H,21,22). The lowest BCUT2D eigenvalue weighted by Crippen LogP contribution is -2.41. The van der Waals surface area contributed by atoms with E-state index < -0.39 is 0 Å². The van der Waals surface area contributed by atoms with Gasteiger partial charge >= 0.3 is 0 Å². The van der Waals surface area contributed by atoms with Crippen molar-refractivity contribution in [2.45, 2.75) is 37.8 Å². The minimum Gasteiger partial charge on any atom is -0.488 e. The smallest absolute Gasteiger partial charge is 0.246 e. The number of anilines is 1. The molecule has 3 N–H and O–H groups in total. The predicted octanol–water partition coefficient (Wildman–Crippen LogP) is 1.66. The molecule has 1 fully saturated rings. The van der Waals surface area contributed by atoms with Gasteiger partial charge in [0, 0.05) is 37.3 Å². The van der Waals surface area contributed by atoms with Gasteiger partial charge in [-0.15, -0.1) is 0 Å². The van der Waals surface area contributed by atoms with Gasteiger partial charge in [0.15, 0.2) is 0 Å². The summed E-state index contributed by atoms with van der Waals surface area (Å²) in [6.45, 7) is 0.102. The third kappa shape index (κ3) is 3.91. The van der Waals surface area contributed by atoms with Crippen LogP contribution in [-0.2, 0) is 9.53 Å². The van der Waals surface area contributed by atoms with Gasteiger partial charge in [-0.1, -0.05) is 0 Å². The number of fused-ring (bicyclic) bond motifs is 1. The molecule has 1 aliphatic carbocycles. The maximum absolute atomic E-state index is 11.6. The van der Waals surface area contributed by atoms with E-state index >= 15 is 0 Å². The predicted molar refractivity (Wildman–Crippen MR) is 90.6 cm³/mol. The fraction of sp³-hybridized carbons (Fsp3) is 0.471. The second kappa shape index (κ2) is 7.44. The number of nitrogens with zero attached hydrogens (tertiary/aromatic N) is 2. The zero-order chi connectivity index (χ0) is 16.9. The van der Waals surface area contributed by atoms with Crippen LogP contribution in [0.25, 0.3) is 11.0 Å². The molecule has 0 radical (unpaired) electrons. The van der Waals surface area contributed by atoms with Gasteiger partial charge < -0.3 is 20.5 Å². The van der Waals surface area contributed by atoms with Crippen LogP contribution < -0.4 is 15.8 Å². The summed E-state index contributed by atoms with van der Waals surface area (Å²) in [6.07, 6.45) is 6.88. The van der Waals surface area contributed by atoms with E-state index in [0.29, 0.717) is 11.4 Å². The molecule has 0 spiro atoms. The molecule has 2 aromatic rings. The summed E-state index contributed by atoms with van der Waals surface area (Å²) < 4.78 is 11.0. The van der Waals surface area contributed by atoms with E-state index in [4.69, 9.17) is 15.2 Å². The van der Waals surface area contributed by atoms with Gasteiger partial charge in [0.25, 0.3) is 0 Å². The Morgan fingerprint density at radius 3 is 2.75 bits per heavy atom. The summed E-state index contributed by atoms with van der Waals surface area (Å²) in [7, 11) is 1.52. The Morgan fingerprint density at radius 2 is 2.00 bits per heavy atom. The van der Waals surface area contributed by atoms with Crippen LogP contribution in [0.4, 0.5) is 5.69 Å². The first-order chi connectivity index (χ1) is 11.7. The average molecular weight is 330 g/mol. The van der Waals surface area contributed by atoms with Crippen molar-refractivity contribution in [3.05, 3.63) is 24.5 Å². The van der Waals surface area contributed by atoms with Crippen molar-refractivity contribution >= 4 is 22.6 Å². The zero-order valence-electron chi connectivity index (χ0n) is 13.7. The molecule has 24 heavy (non-hydrogen) atoms. The van der Waals surface area contributed by atoms with Gasteiger partial charge in [0.05, 0.1) is 11.6 Å². The topological polar surface area (TPSA) is 99.4 Å². The van der Waals surface area contributed by atoms with E-state index in [1.807, 2.05) is 0 Å². The van der Waals surface area contributed by atoms with E-state index in [-0.39, 0.29) is 24.7 Å². The third-order valence-electron chi connectivity index (χ3n) is 4.17. The number of nitrogens with two attached hydrogens (primary N) is 1. The molecule has 1 aliphatic rings. The summed E-state index contributed by atoms with van der Waals surface area (Å²) in [5.41, 5.74) is 7.99. The first-order valence-electron chi connectivity index (χ1n) is 8.11. The first-order valence-corrected chi connectivity index (χ1v) is 8.11. The molecule has 0 unspecified atom stereocenters. The summed E-state index contributed by atoms with van der Waals surface area (Å²) >= 11 is 0. The number of hydrogen-bond donors (Lipinski definition) is 2. The number of carbonyl (C=O) groups is 1. The van der Waals surface area contributed by atoms with Crippen molar-refractivity contribution in [1.29, 1.82) is 0 Å². The number of nitrogen functional groups attached to an aromatic ring is 1. The molecule has 0 atom stereocenters. The Hall–Kier alpha value is -2.41. The SMILES string of the molecule is COCC(=O)NC1CCC(Oc2cc(N)cc3nccnc23)CC1. The molecule has 1 aromatic carbocycles. The van der Waals surface area contributed by atoms with Gasteiger partial charge in [0.1, 0.15) is 17.9 Å². The van der Waals surface area contributed by atoms with Crippen LogP contribution in [0.3, 0.4) is 0 Å². The summed E-state index contributed by atoms with van der Waals surface area (Å²) in [6, 6.07) is 3.77. The molecule has 1 amide bonds. The lowest BCUT2D eigenvalue weighted by molar-refractivity contribution is -0.125. The summed E-state index contributed by atoms with van der Waals surface area (Å²) in [5, 5.41) is 2.98. The highest BCUT2D eigenvalue weighted by molar-refractivity contribution is 5.84. The number of benzene rings is 1. The second-order valence-corrected chi connectivity index (χ2v) is 6.04. The summed E-state index contributed by atoms with van der Waals surface area (Å²) in [5.74, 6) is 0.601.